The first kappa shape index (κ1) is 15.7. The average Bonchev–Trinajstić information content (AvgIpc) is 2.97. The molecule has 0 N–H and O–H groups in total. The second-order valence-electron chi connectivity index (χ2n) is 4.12. The summed E-state index contributed by atoms with van der Waals surface area (Å²) in [5, 5.41) is 0. The Morgan fingerprint density at radius 1 is 1.30 bits per heavy atom. The third kappa shape index (κ3) is 4.11. The summed E-state index contributed by atoms with van der Waals surface area (Å²) in [6.07, 6.45) is 1.39. The van der Waals surface area contributed by atoms with Crippen molar-refractivity contribution < 1.29 is 23.5 Å². The summed E-state index contributed by atoms with van der Waals surface area (Å²) in [5.74, 6) is -1.06. The van der Waals surface area contributed by atoms with Gasteiger partial charge in [-0.3, -0.25) is 14.4 Å². The largest absolute Gasteiger partial charge is 0.468 e. The van der Waals surface area contributed by atoms with Gasteiger partial charge in [-0.05, 0) is 19.1 Å². The van der Waals surface area contributed by atoms with Crippen LogP contribution in [0.25, 0.3) is 0 Å². The molecule has 0 bridgehead atoms. The fourth-order valence-electron chi connectivity index (χ4n) is 1.56. The number of hydrogen-bond acceptors (Lipinski definition) is 5. The lowest BCUT2D eigenvalue weighted by Gasteiger charge is -2.23. The minimum absolute atomic E-state index is 0.130. The smallest absolute Gasteiger partial charge is 0.325 e. The molecular formula is C13H18N2O5. The summed E-state index contributed by atoms with van der Waals surface area (Å²) in [4.78, 5) is 37.6. The van der Waals surface area contributed by atoms with Crippen molar-refractivity contribution in [3.63, 3.8) is 0 Å². The van der Waals surface area contributed by atoms with Crippen LogP contribution in [-0.2, 0) is 14.3 Å². The van der Waals surface area contributed by atoms with Crippen LogP contribution in [-0.4, -0.2) is 61.4 Å². The summed E-state index contributed by atoms with van der Waals surface area (Å²) >= 11 is 0. The predicted octanol–water partition coefficient (Wildman–Crippen LogP) is 0.373. The van der Waals surface area contributed by atoms with Gasteiger partial charge in [0.2, 0.25) is 5.91 Å². The van der Waals surface area contributed by atoms with Gasteiger partial charge in [-0.25, -0.2) is 0 Å². The third-order valence-corrected chi connectivity index (χ3v) is 2.73. The van der Waals surface area contributed by atoms with E-state index >= 15 is 0 Å². The van der Waals surface area contributed by atoms with E-state index < -0.39 is 11.9 Å². The van der Waals surface area contributed by atoms with Crippen LogP contribution >= 0.6 is 0 Å². The topological polar surface area (TPSA) is 80.1 Å². The van der Waals surface area contributed by atoms with Crippen molar-refractivity contribution in [1.29, 1.82) is 0 Å². The molecule has 20 heavy (non-hydrogen) atoms. The Balaban J connectivity index is 2.59. The minimum atomic E-state index is -0.500. The molecular weight excluding hydrogens is 264 g/mol. The lowest BCUT2D eigenvalue weighted by molar-refractivity contribution is -0.147. The molecule has 0 atom stereocenters. The highest BCUT2D eigenvalue weighted by Crippen LogP contribution is 2.04. The van der Waals surface area contributed by atoms with Gasteiger partial charge >= 0.3 is 5.97 Å². The van der Waals surface area contributed by atoms with E-state index in [0.29, 0.717) is 6.54 Å². The Bertz CT molecular complexity index is 469. The van der Waals surface area contributed by atoms with Crippen molar-refractivity contribution in [1.82, 2.24) is 9.80 Å². The molecule has 110 valence electrons. The van der Waals surface area contributed by atoms with E-state index in [-0.39, 0.29) is 24.8 Å². The normalized spacial score (nSPS) is 9.95. The fraction of sp³-hybridized carbons (Fsp3) is 0.462. The standard InChI is InChI=1S/C13H18N2O5/c1-4-15(9-12(17)19-3)11(16)8-14(2)13(18)10-6-5-7-20-10/h5-7H,4,8-9H2,1-3H3. The van der Waals surface area contributed by atoms with Crippen molar-refractivity contribution in [2.24, 2.45) is 0 Å². The highest BCUT2D eigenvalue weighted by Gasteiger charge is 2.21. The summed E-state index contributed by atoms with van der Waals surface area (Å²) in [5.41, 5.74) is 0. The van der Waals surface area contributed by atoms with E-state index in [9.17, 15) is 14.4 Å². The second kappa shape index (κ2) is 7.32. The Morgan fingerprint density at radius 2 is 2.00 bits per heavy atom. The zero-order valence-electron chi connectivity index (χ0n) is 11.8. The quantitative estimate of drug-likeness (QED) is 0.704. The van der Waals surface area contributed by atoms with Crippen molar-refractivity contribution in [2.75, 3.05) is 33.8 Å². The zero-order chi connectivity index (χ0) is 15.1. The van der Waals surface area contributed by atoms with Crippen LogP contribution < -0.4 is 0 Å². The van der Waals surface area contributed by atoms with Gasteiger partial charge in [-0.2, -0.15) is 0 Å². The molecule has 0 fully saturated rings. The number of amides is 2. The third-order valence-electron chi connectivity index (χ3n) is 2.73. The Labute approximate surface area is 117 Å². The number of ether oxygens (including phenoxy) is 1. The molecule has 0 spiro atoms. The maximum absolute atomic E-state index is 12.0. The summed E-state index contributed by atoms with van der Waals surface area (Å²) in [6, 6.07) is 3.12. The molecule has 0 aliphatic heterocycles. The average molecular weight is 282 g/mol. The molecule has 0 radical (unpaired) electrons. The summed E-state index contributed by atoms with van der Waals surface area (Å²) < 4.78 is 9.49. The van der Waals surface area contributed by atoms with Crippen molar-refractivity contribution in [3.05, 3.63) is 24.2 Å². The molecule has 0 aliphatic carbocycles. The van der Waals surface area contributed by atoms with Crippen LogP contribution in [0.1, 0.15) is 17.5 Å². The minimum Gasteiger partial charge on any atom is -0.468 e. The number of esters is 1. The van der Waals surface area contributed by atoms with E-state index in [0.717, 1.165) is 0 Å². The molecule has 0 aromatic carbocycles. The number of hydrogen-bond donors (Lipinski definition) is 0. The molecule has 0 saturated heterocycles. The van der Waals surface area contributed by atoms with Crippen LogP contribution in [0, 0.1) is 0 Å². The SMILES string of the molecule is CCN(CC(=O)OC)C(=O)CN(C)C(=O)c1ccco1. The van der Waals surface area contributed by atoms with Crippen LogP contribution in [0.3, 0.4) is 0 Å². The molecule has 0 unspecified atom stereocenters. The first-order chi connectivity index (χ1) is 9.49. The number of methoxy groups -OCH3 is 1. The molecule has 2 amide bonds. The summed E-state index contributed by atoms with van der Waals surface area (Å²) in [7, 11) is 2.75. The van der Waals surface area contributed by atoms with Gasteiger partial charge in [0, 0.05) is 13.6 Å². The van der Waals surface area contributed by atoms with E-state index in [1.54, 1.807) is 13.0 Å². The fourth-order valence-corrected chi connectivity index (χ4v) is 1.56. The maximum atomic E-state index is 12.0. The van der Waals surface area contributed by atoms with E-state index in [4.69, 9.17) is 4.42 Å². The summed E-state index contributed by atoms with van der Waals surface area (Å²) in [6.45, 7) is 1.84. The molecule has 1 aromatic rings. The maximum Gasteiger partial charge on any atom is 0.325 e. The number of rotatable bonds is 6. The predicted molar refractivity (Wildman–Crippen MR) is 69.9 cm³/mol. The molecule has 1 rings (SSSR count). The Morgan fingerprint density at radius 3 is 2.50 bits per heavy atom. The van der Waals surface area contributed by atoms with Gasteiger partial charge in [0.15, 0.2) is 5.76 Å². The Kier molecular flexibility index (Phi) is 5.76. The number of carbonyl (C=O) groups excluding carboxylic acids is 3. The van der Waals surface area contributed by atoms with E-state index in [1.807, 2.05) is 0 Å². The molecule has 0 aliphatic rings. The van der Waals surface area contributed by atoms with Crippen LogP contribution in [0.15, 0.2) is 22.8 Å². The monoisotopic (exact) mass is 282 g/mol. The van der Waals surface area contributed by atoms with Crippen molar-refractivity contribution in [2.45, 2.75) is 6.92 Å². The number of nitrogens with zero attached hydrogens (tertiary/aromatic N) is 2. The van der Waals surface area contributed by atoms with Gasteiger partial charge in [0.05, 0.1) is 19.9 Å². The first-order valence-corrected chi connectivity index (χ1v) is 6.13. The lowest BCUT2D eigenvalue weighted by atomic mass is 10.3. The van der Waals surface area contributed by atoms with Crippen LogP contribution in [0.5, 0.6) is 0 Å². The van der Waals surface area contributed by atoms with Gasteiger partial charge in [-0.1, -0.05) is 0 Å². The number of furan rings is 1. The van der Waals surface area contributed by atoms with Crippen molar-refractivity contribution >= 4 is 17.8 Å². The molecule has 7 nitrogen and oxygen atoms in total. The van der Waals surface area contributed by atoms with E-state index in [2.05, 4.69) is 4.74 Å². The van der Waals surface area contributed by atoms with Crippen LogP contribution in [0.4, 0.5) is 0 Å². The Hall–Kier alpha value is -2.31. The second-order valence-corrected chi connectivity index (χ2v) is 4.12. The highest BCUT2D eigenvalue weighted by atomic mass is 16.5. The first-order valence-electron chi connectivity index (χ1n) is 6.13. The lowest BCUT2D eigenvalue weighted by Crippen LogP contribution is -2.43. The van der Waals surface area contributed by atoms with Gasteiger partial charge in [-0.15, -0.1) is 0 Å². The number of carbonyl (C=O) groups is 3. The van der Waals surface area contributed by atoms with Crippen molar-refractivity contribution in [3.8, 4) is 0 Å². The van der Waals surface area contributed by atoms with E-state index in [1.165, 1.54) is 36.3 Å². The van der Waals surface area contributed by atoms with Gasteiger partial charge in [0.25, 0.3) is 5.91 Å². The van der Waals surface area contributed by atoms with Gasteiger partial charge in [0.1, 0.15) is 6.54 Å². The molecule has 7 heteroatoms. The van der Waals surface area contributed by atoms with Crippen LogP contribution in [0.2, 0.25) is 0 Å². The number of likely N-dealkylation sites (N-methyl/N-ethyl adjacent to an activating group) is 2. The highest BCUT2D eigenvalue weighted by molar-refractivity contribution is 5.94. The van der Waals surface area contributed by atoms with Gasteiger partial charge < -0.3 is 19.0 Å². The molecule has 1 heterocycles. The molecule has 1 aromatic heterocycles. The zero-order valence-corrected chi connectivity index (χ0v) is 11.8. The molecule has 0 saturated carbocycles.